The lowest BCUT2D eigenvalue weighted by Crippen LogP contribution is -2.71. The average Bonchev–Trinajstić information content (AvgIpc) is 3.55. The molecule has 4 N–H and O–H groups in total. The molecule has 2 aliphatic rings. The molecule has 2 aliphatic heterocycles. The van der Waals surface area contributed by atoms with Crippen molar-refractivity contribution in [3.05, 3.63) is 47.9 Å². The number of aromatic nitrogens is 3. The predicted molar refractivity (Wildman–Crippen MR) is 132 cm³/mol. The molecule has 40 heavy (non-hydrogen) atoms. The summed E-state index contributed by atoms with van der Waals surface area (Å²) < 4.78 is 11.8. The van der Waals surface area contributed by atoms with Gasteiger partial charge in [-0.3, -0.25) is 14.5 Å². The number of thioether (sulfide) groups is 1. The minimum Gasteiger partial charge on any atom is -0.543 e. The van der Waals surface area contributed by atoms with Crippen molar-refractivity contribution in [2.24, 2.45) is 5.16 Å². The van der Waals surface area contributed by atoms with Crippen LogP contribution in [0.4, 0.5) is 6.01 Å². The van der Waals surface area contributed by atoms with E-state index in [0.717, 1.165) is 10.3 Å². The molecule has 0 spiro atoms. The van der Waals surface area contributed by atoms with Gasteiger partial charge in [0.1, 0.15) is 11.4 Å². The van der Waals surface area contributed by atoms with Gasteiger partial charge in [-0.05, 0) is 19.9 Å². The number of amides is 2. The number of carboxylic acids is 2. The number of carbonyl (C=O) groups is 4. The molecule has 0 bridgehead atoms. The maximum Gasteiger partial charge on any atom is 0.350 e. The van der Waals surface area contributed by atoms with E-state index in [2.05, 4.69) is 25.1 Å². The van der Waals surface area contributed by atoms with Crippen LogP contribution in [0.2, 0.25) is 0 Å². The Morgan fingerprint density at radius 3 is 2.85 bits per heavy atom. The number of pyridine rings is 1. The van der Waals surface area contributed by atoms with E-state index in [1.807, 2.05) is 6.07 Å². The molecule has 2 atom stereocenters. The molecule has 2 amide bonds. The third-order valence-corrected chi connectivity index (χ3v) is 7.44. The number of nitrogens with one attached hydrogen (secondary N) is 1. The van der Waals surface area contributed by atoms with E-state index in [0.29, 0.717) is 11.2 Å². The fourth-order valence-corrected chi connectivity index (χ4v) is 5.31. The number of carbonyl (C=O) groups excluding carboxylic acids is 3. The number of nitrogens with two attached hydrogens (primary N) is 1. The number of hydrogen-bond acceptors (Lipinski definition) is 13. The molecular formula is C23H21N7O9S. The minimum atomic E-state index is -1.83. The first-order chi connectivity index (χ1) is 19.0. The Balaban J connectivity index is 1.36. The summed E-state index contributed by atoms with van der Waals surface area (Å²) in [5.74, 6) is -4.80. The van der Waals surface area contributed by atoms with Crippen molar-refractivity contribution in [3.8, 4) is 0 Å². The highest BCUT2D eigenvalue weighted by atomic mass is 32.2. The normalized spacial score (nSPS) is 19.3. The number of oxime groups is 1. The van der Waals surface area contributed by atoms with E-state index >= 15 is 0 Å². The Morgan fingerprint density at radius 1 is 1.40 bits per heavy atom. The van der Waals surface area contributed by atoms with Gasteiger partial charge in [-0.1, -0.05) is 10.3 Å². The lowest BCUT2D eigenvalue weighted by Gasteiger charge is -2.50. The standard InChI is InChI=1S/C23H21N7O9S/c1-23(2,21(35)36)39-27-13(16-26-22(24)38-28-16)17(31)25-14-18(32)30-15(20(33)34)11(9-40-19(14)30)7-29-5-3-10-4-6-37-12(10)8-29/h3-6,8,14,19H,7,9H2,1-2H3,(H4-,24,25,26,28,31,33,34,35,36)/t14?,19-/m1/s1. The van der Waals surface area contributed by atoms with E-state index in [4.69, 9.17) is 15.0 Å². The van der Waals surface area contributed by atoms with Crippen LogP contribution in [0.15, 0.2) is 56.2 Å². The molecule has 5 rings (SSSR count). The van der Waals surface area contributed by atoms with Gasteiger partial charge in [0.05, 0.1) is 17.9 Å². The molecule has 1 saturated heterocycles. The lowest BCUT2D eigenvalue weighted by molar-refractivity contribution is -0.688. The van der Waals surface area contributed by atoms with Crippen molar-refractivity contribution in [3.63, 3.8) is 0 Å². The number of furan rings is 1. The first-order valence-electron chi connectivity index (χ1n) is 11.6. The first-order valence-corrected chi connectivity index (χ1v) is 12.7. The summed E-state index contributed by atoms with van der Waals surface area (Å²) in [7, 11) is 0. The Bertz CT molecular complexity index is 1610. The summed E-state index contributed by atoms with van der Waals surface area (Å²) in [5.41, 5.74) is 3.76. The molecule has 16 nitrogen and oxygen atoms in total. The van der Waals surface area contributed by atoms with E-state index < -0.39 is 58.3 Å². The van der Waals surface area contributed by atoms with E-state index in [-0.39, 0.29) is 18.0 Å². The molecule has 0 saturated carbocycles. The monoisotopic (exact) mass is 571 g/mol. The molecule has 3 aromatic rings. The molecule has 0 aromatic carbocycles. The molecular weight excluding hydrogens is 550 g/mol. The highest BCUT2D eigenvalue weighted by Crippen LogP contribution is 2.40. The van der Waals surface area contributed by atoms with Gasteiger partial charge in [-0.15, -0.1) is 11.8 Å². The van der Waals surface area contributed by atoms with Gasteiger partial charge in [0, 0.05) is 22.8 Å². The molecule has 208 valence electrons. The van der Waals surface area contributed by atoms with Gasteiger partial charge < -0.3 is 39.8 Å². The van der Waals surface area contributed by atoms with Crippen LogP contribution < -0.4 is 20.7 Å². The summed E-state index contributed by atoms with van der Waals surface area (Å²) in [5, 5.41) is 31.0. The second-order valence-corrected chi connectivity index (χ2v) is 10.4. The first kappa shape index (κ1) is 26.7. The van der Waals surface area contributed by atoms with Gasteiger partial charge >= 0.3 is 12.0 Å². The van der Waals surface area contributed by atoms with Crippen molar-refractivity contribution in [2.75, 3.05) is 11.5 Å². The third-order valence-electron chi connectivity index (χ3n) is 6.11. The topological polar surface area (TPSA) is 230 Å². The van der Waals surface area contributed by atoms with Gasteiger partial charge in [0.25, 0.3) is 11.8 Å². The number of nitrogen functional groups attached to an aromatic ring is 1. The summed E-state index contributed by atoms with van der Waals surface area (Å²) in [6, 6.07) is 2.06. The zero-order valence-corrected chi connectivity index (χ0v) is 21.7. The molecule has 3 aromatic heterocycles. The fraction of sp³-hybridized carbons (Fsp3) is 0.304. The molecule has 0 radical (unpaired) electrons. The Kier molecular flexibility index (Phi) is 6.66. The maximum absolute atomic E-state index is 13.1. The third kappa shape index (κ3) is 4.81. The summed E-state index contributed by atoms with van der Waals surface area (Å²) in [6.07, 6.45) is 5.01. The summed E-state index contributed by atoms with van der Waals surface area (Å²) in [6.45, 7) is 2.55. The Hall–Kier alpha value is -4.93. The van der Waals surface area contributed by atoms with E-state index in [1.54, 1.807) is 23.0 Å². The maximum atomic E-state index is 13.1. The number of aliphatic carboxylic acids is 2. The highest BCUT2D eigenvalue weighted by Gasteiger charge is 2.53. The number of nitrogens with zero attached hydrogens (tertiary/aromatic N) is 5. The average molecular weight is 572 g/mol. The number of carboxylic acid groups (broad SMARTS) is 2. The quantitative estimate of drug-likeness (QED) is 0.113. The SMILES string of the molecule is CC(C)(ON=C(C(=O)NC1C(=O)N2C(C(=O)[O-])=C(C[n+]3ccc4ccoc4c3)CS[C@H]12)c1noc(N)n1)C(=O)O. The van der Waals surface area contributed by atoms with Crippen molar-refractivity contribution < 1.29 is 47.7 Å². The van der Waals surface area contributed by atoms with Crippen LogP contribution in [-0.4, -0.2) is 72.4 Å². The smallest absolute Gasteiger partial charge is 0.350 e. The molecule has 1 fully saturated rings. The summed E-state index contributed by atoms with van der Waals surface area (Å²) >= 11 is 1.24. The van der Waals surface area contributed by atoms with Crippen molar-refractivity contribution in [1.29, 1.82) is 0 Å². The molecule has 17 heteroatoms. The molecule has 0 aliphatic carbocycles. The van der Waals surface area contributed by atoms with Crippen LogP contribution in [-0.2, 0) is 30.6 Å². The van der Waals surface area contributed by atoms with Crippen molar-refractivity contribution >= 4 is 58.2 Å². The summed E-state index contributed by atoms with van der Waals surface area (Å²) in [4.78, 5) is 59.4. The van der Waals surface area contributed by atoms with Crippen LogP contribution in [0.5, 0.6) is 0 Å². The minimum absolute atomic E-state index is 0.160. The van der Waals surface area contributed by atoms with Crippen molar-refractivity contribution in [1.82, 2.24) is 20.4 Å². The van der Waals surface area contributed by atoms with Gasteiger partial charge in [-0.2, -0.15) is 9.55 Å². The zero-order valence-electron chi connectivity index (χ0n) is 20.9. The number of rotatable bonds is 9. The second-order valence-electron chi connectivity index (χ2n) is 9.26. The van der Waals surface area contributed by atoms with E-state index in [1.165, 1.54) is 31.9 Å². The van der Waals surface area contributed by atoms with Gasteiger partial charge in [0.2, 0.25) is 23.3 Å². The second kappa shape index (κ2) is 9.99. The van der Waals surface area contributed by atoms with Crippen LogP contribution in [0.1, 0.15) is 19.7 Å². The highest BCUT2D eigenvalue weighted by molar-refractivity contribution is 8.00. The Labute approximate surface area is 228 Å². The lowest BCUT2D eigenvalue weighted by atomic mass is 10.0. The van der Waals surface area contributed by atoms with Crippen LogP contribution in [0.3, 0.4) is 0 Å². The fourth-order valence-electron chi connectivity index (χ4n) is 3.98. The molecule has 1 unspecified atom stereocenters. The van der Waals surface area contributed by atoms with Gasteiger partial charge in [0.15, 0.2) is 18.3 Å². The molecule has 5 heterocycles. The van der Waals surface area contributed by atoms with E-state index in [9.17, 15) is 29.4 Å². The van der Waals surface area contributed by atoms with Crippen LogP contribution in [0, 0.1) is 0 Å². The van der Waals surface area contributed by atoms with Gasteiger partial charge in [-0.25, -0.2) is 4.79 Å². The number of hydrogen-bond donors (Lipinski definition) is 3. The zero-order chi connectivity index (χ0) is 28.8. The van der Waals surface area contributed by atoms with Crippen molar-refractivity contribution in [2.45, 2.75) is 37.4 Å². The Morgan fingerprint density at radius 2 is 2.17 bits per heavy atom. The number of fused-ring (bicyclic) bond motifs is 2. The number of β-lactam (4-membered cyclic amide) rings is 1. The van der Waals surface area contributed by atoms with Crippen LogP contribution in [0.25, 0.3) is 11.0 Å². The largest absolute Gasteiger partial charge is 0.543 e. The number of anilines is 1. The predicted octanol–water partition coefficient (Wildman–Crippen LogP) is -1.63. The van der Waals surface area contributed by atoms with Crippen LogP contribution >= 0.6 is 11.8 Å².